The molecule has 188 valence electrons. The van der Waals surface area contributed by atoms with Crippen molar-refractivity contribution in [1.29, 1.82) is 0 Å². The normalized spacial score (nSPS) is 16.4. The van der Waals surface area contributed by atoms with E-state index < -0.39 is 18.1 Å². The average Bonchev–Trinajstić information content (AvgIpc) is 3.18. The third kappa shape index (κ3) is 5.70. The first-order chi connectivity index (χ1) is 17.2. The first-order valence-electron chi connectivity index (χ1n) is 12.2. The van der Waals surface area contributed by atoms with Crippen molar-refractivity contribution in [2.24, 2.45) is 0 Å². The number of nitrogens with zero attached hydrogens (tertiary/aromatic N) is 1. The summed E-state index contributed by atoms with van der Waals surface area (Å²) in [7, 11) is 1.55. The maximum Gasteiger partial charge on any atom is 0.323 e. The van der Waals surface area contributed by atoms with Crippen molar-refractivity contribution in [1.82, 2.24) is 4.90 Å². The Hall–Kier alpha value is -3.80. The van der Waals surface area contributed by atoms with Crippen LogP contribution < -0.4 is 9.47 Å². The molecule has 1 aliphatic rings. The molecule has 6 nitrogen and oxygen atoms in total. The van der Waals surface area contributed by atoms with Gasteiger partial charge in [0.25, 0.3) is 5.91 Å². The van der Waals surface area contributed by atoms with Gasteiger partial charge in [-0.2, -0.15) is 0 Å². The summed E-state index contributed by atoms with van der Waals surface area (Å²) in [6.07, 6.45) is 1.42. The van der Waals surface area contributed by atoms with Crippen molar-refractivity contribution in [3.63, 3.8) is 0 Å². The maximum atomic E-state index is 13.4. The van der Waals surface area contributed by atoms with Crippen molar-refractivity contribution in [2.75, 3.05) is 13.7 Å². The maximum absolute atomic E-state index is 13.4. The predicted molar refractivity (Wildman–Crippen MR) is 139 cm³/mol. The SMILES string of the molecule is COc1ccccc1CN(CC(=O)O)C(=O)c1ccc2c(c1)C[C@@](C)(Cc1ccc(C(C)C)cc1)O2. The summed E-state index contributed by atoms with van der Waals surface area (Å²) in [5.74, 6) is 0.451. The fraction of sp³-hybridized carbons (Fsp3) is 0.333. The third-order valence-corrected chi connectivity index (χ3v) is 6.62. The smallest absolute Gasteiger partial charge is 0.323 e. The van der Waals surface area contributed by atoms with Crippen LogP contribution in [-0.4, -0.2) is 41.1 Å². The van der Waals surface area contributed by atoms with Crippen LogP contribution in [-0.2, 0) is 24.2 Å². The van der Waals surface area contributed by atoms with Crippen LogP contribution in [0.2, 0.25) is 0 Å². The molecule has 0 fully saturated rings. The van der Waals surface area contributed by atoms with E-state index in [4.69, 9.17) is 9.47 Å². The van der Waals surface area contributed by atoms with Crippen LogP contribution in [0.3, 0.4) is 0 Å². The molecule has 0 saturated carbocycles. The standard InChI is InChI=1S/C30H33NO5/c1-20(2)22-11-9-21(10-12-22)16-30(3)17-25-15-23(13-14-27(25)36-30)29(34)31(19-28(32)33)18-24-7-5-6-8-26(24)35-4/h5-15,20H,16-19H2,1-4H3,(H,32,33)/t30-/m1/s1. The number of rotatable bonds is 9. The molecule has 36 heavy (non-hydrogen) atoms. The number of hydrogen-bond acceptors (Lipinski definition) is 4. The fourth-order valence-electron chi connectivity index (χ4n) is 4.79. The molecule has 0 unspecified atom stereocenters. The number of hydrogen-bond donors (Lipinski definition) is 1. The summed E-state index contributed by atoms with van der Waals surface area (Å²) in [6.45, 7) is 6.17. The lowest BCUT2D eigenvalue weighted by Gasteiger charge is -2.24. The lowest BCUT2D eigenvalue weighted by molar-refractivity contribution is -0.137. The van der Waals surface area contributed by atoms with Gasteiger partial charge in [0.1, 0.15) is 23.6 Å². The number of amides is 1. The zero-order valence-corrected chi connectivity index (χ0v) is 21.3. The molecule has 1 aliphatic heterocycles. The summed E-state index contributed by atoms with van der Waals surface area (Å²) >= 11 is 0. The molecule has 1 N–H and O–H groups in total. The van der Waals surface area contributed by atoms with Gasteiger partial charge in [0.05, 0.1) is 13.7 Å². The summed E-state index contributed by atoms with van der Waals surface area (Å²) in [5, 5.41) is 9.45. The minimum absolute atomic E-state index is 0.132. The topological polar surface area (TPSA) is 76.1 Å². The van der Waals surface area contributed by atoms with Gasteiger partial charge in [0.2, 0.25) is 0 Å². The van der Waals surface area contributed by atoms with Gasteiger partial charge in [-0.1, -0.05) is 56.3 Å². The molecule has 1 atom stereocenters. The Bertz CT molecular complexity index is 1250. The Morgan fingerprint density at radius 2 is 1.81 bits per heavy atom. The molecule has 4 rings (SSSR count). The van der Waals surface area contributed by atoms with E-state index in [-0.39, 0.29) is 12.5 Å². The highest BCUT2D eigenvalue weighted by Crippen LogP contribution is 2.38. The molecule has 0 spiro atoms. The largest absolute Gasteiger partial charge is 0.496 e. The number of carboxylic acid groups (broad SMARTS) is 1. The molecule has 3 aromatic carbocycles. The lowest BCUT2D eigenvalue weighted by atomic mass is 9.90. The number of fused-ring (bicyclic) bond motifs is 1. The van der Waals surface area contributed by atoms with Crippen LogP contribution in [0.15, 0.2) is 66.7 Å². The molecule has 0 aromatic heterocycles. The van der Waals surface area contributed by atoms with Gasteiger partial charge in [-0.15, -0.1) is 0 Å². The molecular weight excluding hydrogens is 454 g/mol. The minimum Gasteiger partial charge on any atom is -0.496 e. The Balaban J connectivity index is 1.52. The van der Waals surface area contributed by atoms with Crippen LogP contribution in [0.1, 0.15) is 59.3 Å². The van der Waals surface area contributed by atoms with Crippen molar-refractivity contribution < 1.29 is 24.2 Å². The van der Waals surface area contributed by atoms with Gasteiger partial charge < -0.3 is 19.5 Å². The lowest BCUT2D eigenvalue weighted by Crippen LogP contribution is -2.35. The number of aliphatic carboxylic acids is 1. The first kappa shape index (κ1) is 25.3. The average molecular weight is 488 g/mol. The molecule has 0 saturated heterocycles. The number of benzene rings is 3. The molecule has 0 aliphatic carbocycles. The van der Waals surface area contributed by atoms with E-state index >= 15 is 0 Å². The fourth-order valence-corrected chi connectivity index (χ4v) is 4.79. The Morgan fingerprint density at radius 3 is 2.47 bits per heavy atom. The van der Waals surface area contributed by atoms with Crippen LogP contribution in [0.25, 0.3) is 0 Å². The van der Waals surface area contributed by atoms with Gasteiger partial charge in [-0.05, 0) is 53.8 Å². The molecule has 1 amide bonds. The quantitative estimate of drug-likeness (QED) is 0.432. The van der Waals surface area contributed by atoms with E-state index in [1.807, 2.05) is 30.3 Å². The number of carbonyl (C=O) groups excluding carboxylic acids is 1. The van der Waals surface area contributed by atoms with Crippen molar-refractivity contribution >= 4 is 11.9 Å². The number of para-hydroxylation sites is 1. The zero-order valence-electron chi connectivity index (χ0n) is 21.3. The van der Waals surface area contributed by atoms with E-state index in [2.05, 4.69) is 45.0 Å². The molecule has 0 radical (unpaired) electrons. The second-order valence-electron chi connectivity index (χ2n) is 9.99. The van der Waals surface area contributed by atoms with Crippen LogP contribution in [0, 0.1) is 0 Å². The van der Waals surface area contributed by atoms with E-state index in [0.29, 0.717) is 23.7 Å². The molecule has 6 heteroatoms. The van der Waals surface area contributed by atoms with E-state index in [0.717, 1.165) is 23.3 Å². The van der Waals surface area contributed by atoms with Gasteiger partial charge in [-0.3, -0.25) is 9.59 Å². The monoisotopic (exact) mass is 487 g/mol. The highest BCUT2D eigenvalue weighted by Gasteiger charge is 2.35. The van der Waals surface area contributed by atoms with Gasteiger partial charge >= 0.3 is 5.97 Å². The van der Waals surface area contributed by atoms with Crippen molar-refractivity contribution in [3.05, 3.63) is 94.5 Å². The summed E-state index contributed by atoms with van der Waals surface area (Å²) < 4.78 is 11.7. The van der Waals surface area contributed by atoms with Gasteiger partial charge in [0.15, 0.2) is 0 Å². The molecule has 1 heterocycles. The van der Waals surface area contributed by atoms with Crippen molar-refractivity contribution in [3.8, 4) is 11.5 Å². The highest BCUT2D eigenvalue weighted by atomic mass is 16.5. The van der Waals surface area contributed by atoms with Crippen LogP contribution >= 0.6 is 0 Å². The first-order valence-corrected chi connectivity index (χ1v) is 12.2. The van der Waals surface area contributed by atoms with Crippen molar-refractivity contribution in [2.45, 2.75) is 51.7 Å². The summed E-state index contributed by atoms with van der Waals surface area (Å²) in [4.78, 5) is 26.3. The summed E-state index contributed by atoms with van der Waals surface area (Å²) in [6, 6.07) is 21.3. The summed E-state index contributed by atoms with van der Waals surface area (Å²) in [5.41, 5.74) is 4.24. The number of methoxy groups -OCH3 is 1. The Morgan fingerprint density at radius 1 is 1.08 bits per heavy atom. The van der Waals surface area contributed by atoms with E-state index in [9.17, 15) is 14.7 Å². The number of ether oxygens (including phenoxy) is 2. The molecule has 3 aromatic rings. The Kier molecular flexibility index (Phi) is 7.34. The second kappa shape index (κ2) is 10.4. The van der Waals surface area contributed by atoms with E-state index in [1.54, 1.807) is 19.2 Å². The van der Waals surface area contributed by atoms with Crippen LogP contribution in [0.5, 0.6) is 11.5 Å². The van der Waals surface area contributed by atoms with E-state index in [1.165, 1.54) is 16.0 Å². The number of carbonyl (C=O) groups is 2. The zero-order chi connectivity index (χ0) is 25.9. The molecular formula is C30H33NO5. The number of carboxylic acids is 1. The predicted octanol–water partition coefficient (Wildman–Crippen LogP) is 5.48. The Labute approximate surface area is 212 Å². The molecule has 0 bridgehead atoms. The third-order valence-electron chi connectivity index (χ3n) is 6.62. The van der Waals surface area contributed by atoms with Crippen LogP contribution in [0.4, 0.5) is 0 Å². The second-order valence-corrected chi connectivity index (χ2v) is 9.99. The highest BCUT2D eigenvalue weighted by molar-refractivity contribution is 5.96. The van der Waals surface area contributed by atoms with Gasteiger partial charge in [-0.25, -0.2) is 0 Å². The van der Waals surface area contributed by atoms with Gasteiger partial charge in [0, 0.05) is 24.0 Å². The minimum atomic E-state index is -1.07.